The van der Waals surface area contributed by atoms with Crippen LogP contribution >= 0.6 is 0 Å². The van der Waals surface area contributed by atoms with Crippen LogP contribution in [-0.4, -0.2) is 31.3 Å². The Morgan fingerprint density at radius 2 is 2.33 bits per heavy atom. The lowest BCUT2D eigenvalue weighted by atomic mass is 10.4. The van der Waals surface area contributed by atoms with Crippen LogP contribution in [0, 0.1) is 11.3 Å². The molecule has 0 fully saturated rings. The van der Waals surface area contributed by atoms with Crippen LogP contribution in [0.5, 0.6) is 0 Å². The number of oxime groups is 1. The Hall–Kier alpha value is -2.82. The SMILES string of the molecule is CON=C(C#N)C(=O)NCNC(=O)c1ccco1. The molecule has 0 atom stereocenters. The first-order chi connectivity index (χ1) is 8.69. The van der Waals surface area contributed by atoms with E-state index >= 15 is 0 Å². The highest BCUT2D eigenvalue weighted by atomic mass is 16.6. The normalized spacial score (nSPS) is 10.3. The van der Waals surface area contributed by atoms with Crippen molar-refractivity contribution in [1.29, 1.82) is 5.26 Å². The van der Waals surface area contributed by atoms with Crippen LogP contribution in [0.3, 0.4) is 0 Å². The van der Waals surface area contributed by atoms with Crippen molar-refractivity contribution in [3.8, 4) is 6.07 Å². The molecule has 1 aromatic rings. The molecule has 94 valence electrons. The monoisotopic (exact) mass is 250 g/mol. The molecule has 1 heterocycles. The summed E-state index contributed by atoms with van der Waals surface area (Å²) in [7, 11) is 1.21. The smallest absolute Gasteiger partial charge is 0.288 e. The molecule has 1 rings (SSSR count). The van der Waals surface area contributed by atoms with Crippen LogP contribution in [0.2, 0.25) is 0 Å². The summed E-state index contributed by atoms with van der Waals surface area (Å²) in [5.41, 5.74) is -0.440. The number of nitrogens with zero attached hydrogens (tertiary/aromatic N) is 2. The molecule has 1 aromatic heterocycles. The van der Waals surface area contributed by atoms with Gasteiger partial charge in [0.1, 0.15) is 13.2 Å². The average Bonchev–Trinajstić information content (AvgIpc) is 2.89. The first kappa shape index (κ1) is 13.2. The molecular weight excluding hydrogens is 240 g/mol. The molecule has 0 saturated heterocycles. The van der Waals surface area contributed by atoms with E-state index in [0.29, 0.717) is 0 Å². The number of rotatable bonds is 5. The fourth-order valence-electron chi connectivity index (χ4n) is 0.987. The standard InChI is InChI=1S/C10H10N4O4/c1-17-14-7(5-11)9(15)12-6-13-10(16)8-3-2-4-18-8/h2-4H,6H2,1H3,(H,12,15)(H,13,16). The zero-order chi connectivity index (χ0) is 13.4. The number of nitrogens with one attached hydrogen (secondary N) is 2. The zero-order valence-corrected chi connectivity index (χ0v) is 9.47. The molecular formula is C10H10N4O4. The van der Waals surface area contributed by atoms with Gasteiger partial charge in [0.2, 0.25) is 5.71 Å². The summed E-state index contributed by atoms with van der Waals surface area (Å²) in [4.78, 5) is 27.0. The van der Waals surface area contributed by atoms with E-state index in [4.69, 9.17) is 9.68 Å². The van der Waals surface area contributed by atoms with E-state index in [1.54, 1.807) is 12.1 Å². The van der Waals surface area contributed by atoms with Crippen molar-refractivity contribution >= 4 is 17.5 Å². The van der Waals surface area contributed by atoms with E-state index < -0.39 is 17.5 Å². The minimum Gasteiger partial charge on any atom is -0.459 e. The molecule has 8 nitrogen and oxygen atoms in total. The zero-order valence-electron chi connectivity index (χ0n) is 9.47. The van der Waals surface area contributed by atoms with Gasteiger partial charge in [0.05, 0.1) is 12.9 Å². The van der Waals surface area contributed by atoms with Crippen LogP contribution in [0.15, 0.2) is 28.0 Å². The van der Waals surface area contributed by atoms with Crippen LogP contribution in [0.4, 0.5) is 0 Å². The fourth-order valence-corrected chi connectivity index (χ4v) is 0.987. The quantitative estimate of drug-likeness (QED) is 0.419. The molecule has 0 saturated carbocycles. The average molecular weight is 250 g/mol. The van der Waals surface area contributed by atoms with Crippen molar-refractivity contribution < 1.29 is 18.8 Å². The van der Waals surface area contributed by atoms with E-state index in [9.17, 15) is 9.59 Å². The Labute approximate surface area is 102 Å². The van der Waals surface area contributed by atoms with Gasteiger partial charge in [-0.1, -0.05) is 5.16 Å². The van der Waals surface area contributed by atoms with Crippen LogP contribution in [-0.2, 0) is 9.63 Å². The summed E-state index contributed by atoms with van der Waals surface area (Å²) in [6.07, 6.45) is 1.35. The molecule has 0 aliphatic rings. The van der Waals surface area contributed by atoms with E-state index in [-0.39, 0.29) is 12.4 Å². The second-order valence-electron chi connectivity index (χ2n) is 2.90. The van der Waals surface area contributed by atoms with Gasteiger partial charge in [-0.15, -0.1) is 0 Å². The van der Waals surface area contributed by atoms with Gasteiger partial charge >= 0.3 is 0 Å². The highest BCUT2D eigenvalue weighted by Crippen LogP contribution is 1.98. The minimum atomic E-state index is -0.751. The highest BCUT2D eigenvalue weighted by molar-refractivity contribution is 6.45. The predicted molar refractivity (Wildman–Crippen MR) is 59.2 cm³/mol. The number of furan rings is 1. The predicted octanol–water partition coefficient (Wildman–Crippen LogP) is -0.391. The molecule has 0 aliphatic heterocycles. The van der Waals surface area contributed by atoms with Gasteiger partial charge in [-0.25, -0.2) is 0 Å². The van der Waals surface area contributed by atoms with Crippen molar-refractivity contribution in [2.45, 2.75) is 0 Å². The molecule has 2 N–H and O–H groups in total. The van der Waals surface area contributed by atoms with Gasteiger partial charge in [-0.2, -0.15) is 5.26 Å². The lowest BCUT2D eigenvalue weighted by molar-refractivity contribution is -0.114. The molecule has 8 heteroatoms. The lowest BCUT2D eigenvalue weighted by Gasteiger charge is -2.04. The molecule has 0 aromatic carbocycles. The van der Waals surface area contributed by atoms with E-state index in [0.717, 1.165) is 0 Å². The Morgan fingerprint density at radius 1 is 1.56 bits per heavy atom. The number of amides is 2. The Morgan fingerprint density at radius 3 is 2.89 bits per heavy atom. The van der Waals surface area contributed by atoms with Gasteiger partial charge in [-0.3, -0.25) is 9.59 Å². The van der Waals surface area contributed by atoms with Crippen molar-refractivity contribution in [3.63, 3.8) is 0 Å². The van der Waals surface area contributed by atoms with Crippen molar-refractivity contribution in [3.05, 3.63) is 24.2 Å². The summed E-state index contributed by atoms with van der Waals surface area (Å²) >= 11 is 0. The molecule has 2 amide bonds. The second-order valence-corrected chi connectivity index (χ2v) is 2.90. The van der Waals surface area contributed by atoms with Gasteiger partial charge in [-0.05, 0) is 12.1 Å². The Kier molecular flexibility index (Phi) is 4.93. The van der Waals surface area contributed by atoms with Crippen LogP contribution < -0.4 is 10.6 Å². The maximum Gasteiger partial charge on any atom is 0.288 e. The summed E-state index contributed by atoms with van der Waals surface area (Å²) in [5, 5.41) is 16.4. The first-order valence-electron chi connectivity index (χ1n) is 4.80. The molecule has 0 spiro atoms. The van der Waals surface area contributed by atoms with E-state index in [2.05, 4.69) is 20.6 Å². The van der Waals surface area contributed by atoms with Crippen LogP contribution in [0.25, 0.3) is 0 Å². The molecule has 18 heavy (non-hydrogen) atoms. The molecule has 0 radical (unpaired) electrons. The third-order valence-electron chi connectivity index (χ3n) is 1.75. The Balaban J connectivity index is 2.39. The number of hydrogen-bond acceptors (Lipinski definition) is 6. The van der Waals surface area contributed by atoms with E-state index in [1.165, 1.54) is 19.4 Å². The topological polar surface area (TPSA) is 117 Å². The summed E-state index contributed by atoms with van der Waals surface area (Å²) in [5.74, 6) is -1.11. The fraction of sp³-hybridized carbons (Fsp3) is 0.200. The largest absolute Gasteiger partial charge is 0.459 e. The second kappa shape index (κ2) is 6.70. The van der Waals surface area contributed by atoms with Gasteiger partial charge < -0.3 is 19.9 Å². The molecule has 0 aliphatic carbocycles. The number of hydrogen-bond donors (Lipinski definition) is 2. The van der Waals surface area contributed by atoms with Gasteiger partial charge in [0.25, 0.3) is 11.8 Å². The maximum atomic E-state index is 11.4. The lowest BCUT2D eigenvalue weighted by Crippen LogP contribution is -2.40. The number of carbonyl (C=O) groups is 2. The van der Waals surface area contributed by atoms with Gasteiger partial charge in [0.15, 0.2) is 5.76 Å². The highest BCUT2D eigenvalue weighted by Gasteiger charge is 2.12. The van der Waals surface area contributed by atoms with Crippen LogP contribution in [0.1, 0.15) is 10.6 Å². The molecule has 0 unspecified atom stereocenters. The Bertz CT molecular complexity index is 486. The molecule has 0 bridgehead atoms. The third kappa shape index (κ3) is 3.64. The third-order valence-corrected chi connectivity index (χ3v) is 1.75. The van der Waals surface area contributed by atoms with Crippen molar-refractivity contribution in [2.24, 2.45) is 5.16 Å². The van der Waals surface area contributed by atoms with Crippen molar-refractivity contribution in [2.75, 3.05) is 13.8 Å². The summed E-state index contributed by atoms with van der Waals surface area (Å²) < 4.78 is 4.84. The number of nitriles is 1. The minimum absolute atomic E-state index is 0.121. The van der Waals surface area contributed by atoms with Gasteiger partial charge in [0, 0.05) is 0 Å². The first-order valence-corrected chi connectivity index (χ1v) is 4.80. The number of carbonyl (C=O) groups excluding carboxylic acids is 2. The summed E-state index contributed by atoms with van der Waals surface area (Å²) in [6.45, 7) is -0.164. The summed E-state index contributed by atoms with van der Waals surface area (Å²) in [6, 6.07) is 4.59. The van der Waals surface area contributed by atoms with Crippen molar-refractivity contribution in [1.82, 2.24) is 10.6 Å². The maximum absolute atomic E-state index is 11.4. The van der Waals surface area contributed by atoms with E-state index in [1.807, 2.05) is 0 Å².